The van der Waals surface area contributed by atoms with Crippen LogP contribution in [0.1, 0.15) is 31.2 Å². The molecule has 164 valence electrons. The van der Waals surface area contributed by atoms with Crippen LogP contribution in [-0.2, 0) is 16.6 Å². The molecular weight excluding hydrogens is 438 g/mol. The molecule has 1 N–H and O–H groups in total. The minimum atomic E-state index is -3.79. The fraction of sp³-hybridized carbons (Fsp3) is 0.364. The second-order valence-electron chi connectivity index (χ2n) is 7.75. The van der Waals surface area contributed by atoms with Gasteiger partial charge in [0.05, 0.1) is 4.90 Å². The zero-order chi connectivity index (χ0) is 21.8. The zero-order valence-electron chi connectivity index (χ0n) is 16.9. The number of rotatable bonds is 7. The molecule has 9 heteroatoms. The molecule has 0 radical (unpaired) electrons. The van der Waals surface area contributed by atoms with E-state index < -0.39 is 10.0 Å². The molecule has 1 aliphatic rings. The summed E-state index contributed by atoms with van der Waals surface area (Å²) < 4.78 is 33.6. The molecule has 31 heavy (non-hydrogen) atoms. The summed E-state index contributed by atoms with van der Waals surface area (Å²) in [6.45, 7) is 0.173. The van der Waals surface area contributed by atoms with E-state index in [9.17, 15) is 13.5 Å². The molecule has 0 amide bonds. The van der Waals surface area contributed by atoms with Crippen LogP contribution in [0.5, 0.6) is 0 Å². The topological polar surface area (TPSA) is 96.5 Å². The number of halogens is 1. The van der Waals surface area contributed by atoms with Gasteiger partial charge in [-0.3, -0.25) is 0 Å². The summed E-state index contributed by atoms with van der Waals surface area (Å²) in [7, 11) is -3.79. The Balaban J connectivity index is 1.67. The van der Waals surface area contributed by atoms with Crippen molar-refractivity contribution in [1.82, 2.24) is 14.4 Å². The van der Waals surface area contributed by atoms with Crippen molar-refractivity contribution in [3.8, 4) is 11.4 Å². The second-order valence-corrected chi connectivity index (χ2v) is 10.1. The Morgan fingerprint density at radius 1 is 1.06 bits per heavy atom. The van der Waals surface area contributed by atoms with Crippen molar-refractivity contribution in [1.29, 1.82) is 0 Å². The molecule has 0 aliphatic heterocycles. The van der Waals surface area contributed by atoms with Crippen molar-refractivity contribution in [2.75, 3.05) is 6.61 Å². The van der Waals surface area contributed by atoms with E-state index in [0.717, 1.165) is 36.8 Å². The number of benzene rings is 2. The number of hydrogen-bond acceptors (Lipinski definition) is 6. The first-order chi connectivity index (χ1) is 15.0. The first kappa shape index (κ1) is 22.0. The van der Waals surface area contributed by atoms with E-state index in [1.54, 1.807) is 16.4 Å². The van der Waals surface area contributed by atoms with Crippen LogP contribution in [-0.4, -0.2) is 40.6 Å². The van der Waals surface area contributed by atoms with Crippen LogP contribution < -0.4 is 0 Å². The second kappa shape index (κ2) is 9.48. The molecule has 1 aliphatic carbocycles. The Kier molecular flexibility index (Phi) is 6.71. The third kappa shape index (κ3) is 4.82. The number of nitrogens with zero attached hydrogens (tertiary/aromatic N) is 3. The van der Waals surface area contributed by atoms with Gasteiger partial charge in [-0.2, -0.15) is 9.29 Å². The quantitative estimate of drug-likeness (QED) is 0.568. The Morgan fingerprint density at radius 3 is 2.42 bits per heavy atom. The Bertz CT molecular complexity index is 1090. The van der Waals surface area contributed by atoms with Gasteiger partial charge in [0.25, 0.3) is 0 Å². The molecule has 0 saturated heterocycles. The molecule has 0 spiro atoms. The molecule has 7 nitrogen and oxygen atoms in total. The molecule has 1 heterocycles. The summed E-state index contributed by atoms with van der Waals surface area (Å²) in [4.78, 5) is 4.23. The van der Waals surface area contributed by atoms with Crippen LogP contribution >= 0.6 is 11.6 Å². The average Bonchev–Trinajstić information content (AvgIpc) is 3.33. The van der Waals surface area contributed by atoms with E-state index in [0.29, 0.717) is 10.8 Å². The first-order valence-electron chi connectivity index (χ1n) is 10.2. The van der Waals surface area contributed by atoms with E-state index in [-0.39, 0.29) is 30.0 Å². The minimum Gasteiger partial charge on any atom is -0.396 e. The summed E-state index contributed by atoms with van der Waals surface area (Å²) in [5, 5.41) is 14.2. The summed E-state index contributed by atoms with van der Waals surface area (Å²) in [5.74, 6) is 0.388. The highest BCUT2D eigenvalue weighted by Crippen LogP contribution is 2.33. The van der Waals surface area contributed by atoms with E-state index in [2.05, 4.69) is 10.1 Å². The zero-order valence-corrected chi connectivity index (χ0v) is 18.5. The number of sulfonamides is 1. The van der Waals surface area contributed by atoms with Gasteiger partial charge in [0, 0.05) is 29.8 Å². The normalized spacial score (nSPS) is 19.6. The molecule has 1 fully saturated rings. The van der Waals surface area contributed by atoms with Crippen LogP contribution in [0, 0.1) is 5.92 Å². The van der Waals surface area contributed by atoms with Crippen molar-refractivity contribution in [3.63, 3.8) is 0 Å². The van der Waals surface area contributed by atoms with Crippen LogP contribution in [0.15, 0.2) is 64.3 Å². The van der Waals surface area contributed by atoms with E-state index >= 15 is 0 Å². The van der Waals surface area contributed by atoms with Gasteiger partial charge in [0.1, 0.15) is 0 Å². The van der Waals surface area contributed by atoms with Gasteiger partial charge in [-0.25, -0.2) is 8.42 Å². The number of aromatic nitrogens is 2. The highest BCUT2D eigenvalue weighted by atomic mass is 35.5. The molecule has 1 aromatic heterocycles. The number of aliphatic hydroxyl groups is 1. The predicted molar refractivity (Wildman–Crippen MR) is 117 cm³/mol. The molecule has 4 rings (SSSR count). The maximum absolute atomic E-state index is 13.6. The lowest BCUT2D eigenvalue weighted by atomic mass is 9.85. The molecule has 3 aromatic rings. The van der Waals surface area contributed by atoms with Gasteiger partial charge in [-0.15, -0.1) is 0 Å². The van der Waals surface area contributed by atoms with Crippen molar-refractivity contribution in [2.24, 2.45) is 5.92 Å². The van der Waals surface area contributed by atoms with Crippen LogP contribution in [0.3, 0.4) is 0 Å². The fourth-order valence-electron chi connectivity index (χ4n) is 4.14. The lowest BCUT2D eigenvalue weighted by Gasteiger charge is -2.38. The highest BCUT2D eigenvalue weighted by Gasteiger charge is 2.37. The maximum Gasteiger partial charge on any atom is 0.243 e. The summed E-state index contributed by atoms with van der Waals surface area (Å²) >= 11 is 5.96. The van der Waals surface area contributed by atoms with Crippen LogP contribution in [0.25, 0.3) is 11.4 Å². The predicted octanol–water partition coefficient (Wildman–Crippen LogP) is 4.13. The standard InChI is InChI=1S/C22H24ClN3O4S/c23-19-9-11-20(12-10-19)31(28,29)26(21-4-2-1-3-18(21)14-27)13-16-5-7-17(8-6-16)22-24-15-30-25-22/h5-12,15,18,21,27H,1-4,13-14H2/t18-,21+/m1/s1. The Hall–Kier alpha value is -2.26. The molecule has 0 unspecified atom stereocenters. The summed E-state index contributed by atoms with van der Waals surface area (Å²) in [6, 6.07) is 13.4. The highest BCUT2D eigenvalue weighted by molar-refractivity contribution is 7.89. The molecular formula is C22H24ClN3O4S. The van der Waals surface area contributed by atoms with Gasteiger partial charge in [0.15, 0.2) is 0 Å². The lowest BCUT2D eigenvalue weighted by molar-refractivity contribution is 0.109. The first-order valence-corrected chi connectivity index (χ1v) is 12.0. The monoisotopic (exact) mass is 461 g/mol. The van der Waals surface area contributed by atoms with Crippen molar-refractivity contribution < 1.29 is 18.0 Å². The van der Waals surface area contributed by atoms with Crippen LogP contribution in [0.4, 0.5) is 0 Å². The van der Waals surface area contributed by atoms with Crippen LogP contribution in [0.2, 0.25) is 5.02 Å². The third-order valence-electron chi connectivity index (χ3n) is 5.81. The number of aliphatic hydroxyl groups excluding tert-OH is 1. The van der Waals surface area contributed by atoms with E-state index in [4.69, 9.17) is 16.1 Å². The van der Waals surface area contributed by atoms with E-state index in [1.165, 1.54) is 18.5 Å². The lowest BCUT2D eigenvalue weighted by Crippen LogP contribution is -2.46. The largest absolute Gasteiger partial charge is 0.396 e. The maximum atomic E-state index is 13.6. The fourth-order valence-corrected chi connectivity index (χ4v) is 5.97. The third-order valence-corrected chi connectivity index (χ3v) is 7.94. The SMILES string of the molecule is O=S(=O)(c1ccc(Cl)cc1)N(Cc1ccc(-c2ncon2)cc1)[C@H]1CCCC[C@@H]1CO. The molecule has 2 aromatic carbocycles. The molecule has 0 bridgehead atoms. The average molecular weight is 462 g/mol. The van der Waals surface area contributed by atoms with E-state index in [1.807, 2.05) is 24.3 Å². The Morgan fingerprint density at radius 2 is 1.77 bits per heavy atom. The summed E-state index contributed by atoms with van der Waals surface area (Å²) in [5.41, 5.74) is 1.63. The van der Waals surface area contributed by atoms with Crippen molar-refractivity contribution in [3.05, 3.63) is 65.5 Å². The van der Waals surface area contributed by atoms with Gasteiger partial charge >= 0.3 is 0 Å². The smallest absolute Gasteiger partial charge is 0.243 e. The Labute approximate surface area is 186 Å². The van der Waals surface area contributed by atoms with Gasteiger partial charge in [-0.05, 0) is 48.6 Å². The van der Waals surface area contributed by atoms with Gasteiger partial charge < -0.3 is 9.63 Å². The molecule has 1 saturated carbocycles. The van der Waals surface area contributed by atoms with Crippen molar-refractivity contribution >= 4 is 21.6 Å². The minimum absolute atomic E-state index is 0.0337. The van der Waals surface area contributed by atoms with Crippen molar-refractivity contribution in [2.45, 2.75) is 43.2 Å². The number of hydrogen-bond donors (Lipinski definition) is 1. The summed E-state index contributed by atoms with van der Waals surface area (Å²) in [6.07, 6.45) is 4.73. The van der Waals surface area contributed by atoms with Gasteiger partial charge in [-0.1, -0.05) is 53.9 Å². The molecule has 2 atom stereocenters. The van der Waals surface area contributed by atoms with Gasteiger partial charge in [0.2, 0.25) is 22.2 Å².